The summed E-state index contributed by atoms with van der Waals surface area (Å²) >= 11 is 3.70. The van der Waals surface area contributed by atoms with E-state index in [9.17, 15) is 0 Å². The molecule has 51 heavy (non-hydrogen) atoms. The van der Waals surface area contributed by atoms with E-state index in [2.05, 4.69) is 181 Å². The minimum absolute atomic E-state index is 1.13. The first kappa shape index (κ1) is 28.8. The van der Waals surface area contributed by atoms with Gasteiger partial charge in [0, 0.05) is 35.9 Å². The van der Waals surface area contributed by atoms with Crippen molar-refractivity contribution < 1.29 is 0 Å². The largest absolute Gasteiger partial charge is 0.310 e. The Morgan fingerprint density at radius 1 is 0.333 bits per heavy atom. The third-order valence-corrected chi connectivity index (χ3v) is 12.7. The second kappa shape index (κ2) is 11.3. The molecule has 0 aliphatic carbocycles. The molecular weight excluding hydrogens is 655 g/mol. The zero-order valence-corrected chi connectivity index (χ0v) is 29.1. The summed E-state index contributed by atoms with van der Waals surface area (Å²) in [4.78, 5) is 5.01. The van der Waals surface area contributed by atoms with Gasteiger partial charge in [0.25, 0.3) is 0 Å². The third-order valence-electron chi connectivity index (χ3n) is 10.4. The van der Waals surface area contributed by atoms with Gasteiger partial charge in [-0.2, -0.15) is 0 Å². The van der Waals surface area contributed by atoms with Crippen LogP contribution in [0.1, 0.15) is 0 Å². The molecule has 0 amide bonds. The highest BCUT2D eigenvalue weighted by molar-refractivity contribution is 7.22. The molecule has 0 N–H and O–H groups in total. The maximum absolute atomic E-state index is 2.44. The number of hydrogen-bond donors (Lipinski definition) is 0. The van der Waals surface area contributed by atoms with Crippen molar-refractivity contribution in [3.8, 4) is 20.9 Å². The van der Waals surface area contributed by atoms with Crippen LogP contribution in [0.25, 0.3) is 84.1 Å². The van der Waals surface area contributed by atoms with Gasteiger partial charge in [-0.15, -0.1) is 22.7 Å². The van der Waals surface area contributed by atoms with E-state index in [1.165, 1.54) is 89.8 Å². The number of nitrogens with zero attached hydrogens (tertiary/aromatic N) is 1. The summed E-state index contributed by atoms with van der Waals surface area (Å²) in [5.41, 5.74) is 5.91. The molecule has 1 nitrogen and oxygen atoms in total. The van der Waals surface area contributed by atoms with Crippen LogP contribution in [0.5, 0.6) is 0 Å². The highest BCUT2D eigenvalue weighted by Gasteiger charge is 2.20. The van der Waals surface area contributed by atoms with Gasteiger partial charge < -0.3 is 4.90 Å². The molecule has 11 aromatic rings. The van der Waals surface area contributed by atoms with Crippen molar-refractivity contribution in [2.24, 2.45) is 0 Å². The monoisotopic (exact) mass is 683 g/mol. The number of anilines is 3. The Labute approximate surface area is 303 Å². The van der Waals surface area contributed by atoms with Crippen LogP contribution in [0.2, 0.25) is 0 Å². The maximum Gasteiger partial charge on any atom is 0.0540 e. The van der Waals surface area contributed by atoms with E-state index in [0.717, 1.165) is 11.4 Å². The first-order valence-electron chi connectivity index (χ1n) is 17.3. The lowest BCUT2D eigenvalue weighted by molar-refractivity contribution is 1.30. The number of rotatable bonds is 5. The number of benzene rings is 9. The van der Waals surface area contributed by atoms with Gasteiger partial charge in [0.1, 0.15) is 0 Å². The van der Waals surface area contributed by atoms with Crippen LogP contribution in [0.3, 0.4) is 0 Å². The summed E-state index contributed by atoms with van der Waals surface area (Å²) in [6.45, 7) is 0. The lowest BCUT2D eigenvalue weighted by Crippen LogP contribution is -2.10. The van der Waals surface area contributed by atoms with Crippen molar-refractivity contribution in [1.29, 1.82) is 0 Å². The molecular formula is C48H29NS2. The smallest absolute Gasteiger partial charge is 0.0540 e. The fraction of sp³-hybridized carbons (Fsp3) is 0. The SMILES string of the molecule is c1ccc2sc(-c3ccc(N(c4ccc(-c5cc6ccccc6s5)cc4)c4ccc5c6cccc7cccc(c8cccc4c85)c76)cc3)cc2c1. The predicted molar refractivity (Wildman–Crippen MR) is 224 cm³/mol. The van der Waals surface area contributed by atoms with Crippen LogP contribution in [0.15, 0.2) is 176 Å². The highest BCUT2D eigenvalue weighted by atomic mass is 32.1. The average molecular weight is 684 g/mol. The predicted octanol–water partition coefficient (Wildman–Crippen LogP) is 15.0. The fourth-order valence-electron chi connectivity index (χ4n) is 8.05. The van der Waals surface area contributed by atoms with E-state index >= 15 is 0 Å². The Kier molecular flexibility index (Phi) is 6.36. The van der Waals surface area contributed by atoms with Crippen LogP contribution in [0.4, 0.5) is 17.1 Å². The quantitative estimate of drug-likeness (QED) is 0.129. The van der Waals surface area contributed by atoms with Gasteiger partial charge in [0.2, 0.25) is 0 Å². The van der Waals surface area contributed by atoms with Crippen LogP contribution in [-0.2, 0) is 0 Å². The Morgan fingerprint density at radius 2 is 0.784 bits per heavy atom. The second-order valence-electron chi connectivity index (χ2n) is 13.3. The Balaban J connectivity index is 1.11. The van der Waals surface area contributed by atoms with Gasteiger partial charge in [-0.1, -0.05) is 121 Å². The number of hydrogen-bond acceptors (Lipinski definition) is 3. The summed E-state index contributed by atoms with van der Waals surface area (Å²) in [7, 11) is 0. The van der Waals surface area contributed by atoms with Crippen molar-refractivity contribution in [3.05, 3.63) is 176 Å². The molecule has 0 atom stereocenters. The molecule has 0 bridgehead atoms. The first-order valence-corrected chi connectivity index (χ1v) is 19.0. The zero-order chi connectivity index (χ0) is 33.5. The normalized spacial score (nSPS) is 11.9. The lowest BCUT2D eigenvalue weighted by atomic mass is 9.89. The average Bonchev–Trinajstić information content (AvgIpc) is 3.83. The van der Waals surface area contributed by atoms with Crippen molar-refractivity contribution >= 4 is 103 Å². The molecule has 11 rings (SSSR count). The minimum atomic E-state index is 1.13. The van der Waals surface area contributed by atoms with Crippen LogP contribution >= 0.6 is 22.7 Å². The van der Waals surface area contributed by atoms with Crippen LogP contribution < -0.4 is 4.90 Å². The van der Waals surface area contributed by atoms with E-state index in [1.807, 2.05) is 22.7 Å². The molecule has 0 spiro atoms. The first-order chi connectivity index (χ1) is 25.3. The van der Waals surface area contributed by atoms with Gasteiger partial charge >= 0.3 is 0 Å². The Hall–Kier alpha value is -6.00. The maximum atomic E-state index is 2.44. The third kappa shape index (κ3) is 4.52. The molecule has 0 aliphatic heterocycles. The van der Waals surface area contributed by atoms with Gasteiger partial charge in [-0.05, 0) is 114 Å². The van der Waals surface area contributed by atoms with Gasteiger partial charge in [0.05, 0.1) is 5.69 Å². The standard InChI is InChI=1S/C48H29NS2/c1-3-16-43-33(8-1)28-45(50-43)30-18-22-35(23-19-30)49(36-24-20-31(21-25-36)46-29-34-9-2-4-17-44(34)51-46)42-27-26-40-38-13-6-11-32-10-5-12-37(47(32)38)39-14-7-15-41(42)48(39)40/h1-29H. The number of thiophene rings is 2. The molecule has 0 saturated carbocycles. The molecule has 0 fully saturated rings. The molecule has 3 heteroatoms. The topological polar surface area (TPSA) is 3.24 Å². The molecule has 0 unspecified atom stereocenters. The second-order valence-corrected chi connectivity index (χ2v) is 15.5. The van der Waals surface area contributed by atoms with E-state index in [4.69, 9.17) is 0 Å². The summed E-state index contributed by atoms with van der Waals surface area (Å²) < 4.78 is 2.64. The summed E-state index contributed by atoms with van der Waals surface area (Å²) in [5.74, 6) is 0. The molecule has 2 aromatic heterocycles. The fourth-order valence-corrected chi connectivity index (χ4v) is 10.2. The van der Waals surface area contributed by atoms with Gasteiger partial charge in [-0.25, -0.2) is 0 Å². The lowest BCUT2D eigenvalue weighted by Gasteiger charge is -2.28. The zero-order valence-electron chi connectivity index (χ0n) is 27.5. The van der Waals surface area contributed by atoms with Crippen LogP contribution in [-0.4, -0.2) is 0 Å². The summed E-state index contributed by atoms with van der Waals surface area (Å²) in [6, 6.07) is 65.1. The molecule has 2 heterocycles. The van der Waals surface area contributed by atoms with Crippen molar-refractivity contribution in [3.63, 3.8) is 0 Å². The van der Waals surface area contributed by atoms with Crippen LogP contribution in [0, 0.1) is 0 Å². The van der Waals surface area contributed by atoms with Gasteiger partial charge in [0.15, 0.2) is 0 Å². The van der Waals surface area contributed by atoms with E-state index in [-0.39, 0.29) is 0 Å². The van der Waals surface area contributed by atoms with Crippen molar-refractivity contribution in [2.75, 3.05) is 4.90 Å². The molecule has 9 aromatic carbocycles. The molecule has 238 valence electrons. The van der Waals surface area contributed by atoms with E-state index in [1.54, 1.807) is 0 Å². The van der Waals surface area contributed by atoms with Crippen molar-refractivity contribution in [2.45, 2.75) is 0 Å². The summed E-state index contributed by atoms with van der Waals surface area (Å²) in [6.07, 6.45) is 0. The molecule has 0 aliphatic rings. The van der Waals surface area contributed by atoms with Gasteiger partial charge in [-0.3, -0.25) is 0 Å². The molecule has 0 saturated heterocycles. The van der Waals surface area contributed by atoms with E-state index < -0.39 is 0 Å². The van der Waals surface area contributed by atoms with E-state index in [0.29, 0.717) is 0 Å². The summed E-state index contributed by atoms with van der Waals surface area (Å²) in [5, 5.41) is 13.0. The minimum Gasteiger partial charge on any atom is -0.310 e. The molecule has 0 radical (unpaired) electrons. The number of fused-ring (bicyclic) bond motifs is 4. The Morgan fingerprint density at radius 3 is 1.33 bits per heavy atom. The van der Waals surface area contributed by atoms with Crippen molar-refractivity contribution in [1.82, 2.24) is 0 Å². The highest BCUT2D eigenvalue weighted by Crippen LogP contribution is 2.47. The Bertz CT molecular complexity index is 2840.